The molecular formula is C29H46N4O4. The fourth-order valence-electron chi connectivity index (χ4n) is 3.28. The van der Waals surface area contributed by atoms with Gasteiger partial charge in [0.05, 0.1) is 17.2 Å². The molecule has 0 saturated carbocycles. The van der Waals surface area contributed by atoms with Gasteiger partial charge in [-0.05, 0) is 45.2 Å². The highest BCUT2D eigenvalue weighted by Gasteiger charge is 2.22. The topological polar surface area (TPSA) is 105 Å². The lowest BCUT2D eigenvalue weighted by molar-refractivity contribution is -0.384. The monoisotopic (exact) mass is 514 g/mol. The van der Waals surface area contributed by atoms with Crippen LogP contribution in [0.3, 0.4) is 0 Å². The number of benzene rings is 1. The molecule has 0 atom stereocenters. The summed E-state index contributed by atoms with van der Waals surface area (Å²) in [6, 6.07) is 8.39. The maximum atomic E-state index is 11.9. The van der Waals surface area contributed by atoms with Gasteiger partial charge in [0.2, 0.25) is 5.91 Å². The SMILES string of the molecule is CCCC.CCCC(C)=O.CCCc1c(N2CCNCC2=O)ccnc1C.Cc1ccc([N+](=O)[O-])cc1. The van der Waals surface area contributed by atoms with Crippen LogP contribution in [0.15, 0.2) is 36.5 Å². The summed E-state index contributed by atoms with van der Waals surface area (Å²) in [4.78, 5) is 37.9. The van der Waals surface area contributed by atoms with Crippen LogP contribution in [0.5, 0.6) is 0 Å². The Labute approximate surface area is 223 Å². The molecule has 1 N–H and O–H groups in total. The van der Waals surface area contributed by atoms with Crippen molar-refractivity contribution in [3.8, 4) is 0 Å². The van der Waals surface area contributed by atoms with Gasteiger partial charge in [0, 0.05) is 43.5 Å². The van der Waals surface area contributed by atoms with Crippen molar-refractivity contribution in [3.05, 3.63) is 63.5 Å². The molecule has 1 saturated heterocycles. The maximum absolute atomic E-state index is 11.9. The highest BCUT2D eigenvalue weighted by Crippen LogP contribution is 2.24. The quantitative estimate of drug-likeness (QED) is 0.340. The molecule has 0 spiro atoms. The first kappa shape index (κ1) is 33.9. The fraction of sp³-hybridized carbons (Fsp3) is 0.552. The molecule has 2 heterocycles. The number of hydrogen-bond donors (Lipinski definition) is 1. The summed E-state index contributed by atoms with van der Waals surface area (Å²) < 4.78 is 0. The number of carbonyl (C=O) groups excluding carboxylic acids is 2. The van der Waals surface area contributed by atoms with E-state index >= 15 is 0 Å². The van der Waals surface area contributed by atoms with Gasteiger partial charge in [-0.15, -0.1) is 0 Å². The van der Waals surface area contributed by atoms with Gasteiger partial charge >= 0.3 is 0 Å². The Morgan fingerprint density at radius 1 is 1.03 bits per heavy atom. The Bertz CT molecular complexity index is 943. The van der Waals surface area contributed by atoms with E-state index < -0.39 is 4.92 Å². The number of nitro groups is 1. The number of aromatic nitrogens is 1. The molecule has 1 aliphatic rings. The smallest absolute Gasteiger partial charge is 0.269 e. The summed E-state index contributed by atoms with van der Waals surface area (Å²) in [5.74, 6) is 0.441. The highest BCUT2D eigenvalue weighted by atomic mass is 16.6. The van der Waals surface area contributed by atoms with Gasteiger partial charge in [0.1, 0.15) is 5.78 Å². The number of amides is 1. The van der Waals surface area contributed by atoms with E-state index in [1.807, 2.05) is 31.7 Å². The third-order valence-electron chi connectivity index (χ3n) is 5.47. The molecule has 0 unspecified atom stereocenters. The molecule has 8 heteroatoms. The van der Waals surface area contributed by atoms with E-state index in [2.05, 4.69) is 31.1 Å². The van der Waals surface area contributed by atoms with Crippen LogP contribution in [0.2, 0.25) is 0 Å². The second kappa shape index (κ2) is 20.0. The summed E-state index contributed by atoms with van der Waals surface area (Å²) in [6.07, 6.45) is 8.19. The lowest BCUT2D eigenvalue weighted by Crippen LogP contribution is -2.48. The standard InChI is InChI=1S/C13H19N3O.C7H7NO2.C5H10O.C4H10/c1-3-4-11-10(2)15-6-5-12(11)16-8-7-14-9-13(16)17;1-6-2-4-7(5-3-6)8(9)10;1-3-4-5(2)6;1-3-4-2/h5-6,14H,3-4,7-9H2,1-2H3;2-5H,1H3;3-4H2,1-2H3;3-4H2,1-2H3. The van der Waals surface area contributed by atoms with Crippen LogP contribution < -0.4 is 10.2 Å². The zero-order valence-corrected chi connectivity index (χ0v) is 23.8. The fourth-order valence-corrected chi connectivity index (χ4v) is 3.28. The van der Waals surface area contributed by atoms with Gasteiger partial charge in [-0.1, -0.05) is 64.7 Å². The predicted octanol–water partition coefficient (Wildman–Crippen LogP) is 6.36. The van der Waals surface area contributed by atoms with E-state index in [-0.39, 0.29) is 17.4 Å². The van der Waals surface area contributed by atoms with Crippen molar-refractivity contribution in [3.63, 3.8) is 0 Å². The second-order valence-electron chi connectivity index (χ2n) is 8.91. The van der Waals surface area contributed by atoms with Gasteiger partial charge in [0.25, 0.3) is 5.69 Å². The summed E-state index contributed by atoms with van der Waals surface area (Å²) in [5.41, 5.74) is 4.47. The van der Waals surface area contributed by atoms with Crippen LogP contribution in [0.25, 0.3) is 0 Å². The summed E-state index contributed by atoms with van der Waals surface area (Å²) in [5, 5.41) is 13.2. The van der Waals surface area contributed by atoms with E-state index in [9.17, 15) is 19.7 Å². The molecule has 1 amide bonds. The van der Waals surface area contributed by atoms with Crippen molar-refractivity contribution in [2.45, 2.75) is 87.0 Å². The zero-order chi connectivity index (χ0) is 28.2. The Kier molecular flexibility index (Phi) is 18.3. The number of aryl methyl sites for hydroxylation is 2. The van der Waals surface area contributed by atoms with Gasteiger partial charge in [-0.2, -0.15) is 0 Å². The lowest BCUT2D eigenvalue weighted by atomic mass is 10.1. The number of nitro benzene ring substituents is 1. The molecule has 1 aliphatic heterocycles. The number of Topliss-reactive ketones (excluding diaryl/α,β-unsaturated/α-hetero) is 1. The molecule has 0 radical (unpaired) electrons. The van der Waals surface area contributed by atoms with Crippen molar-refractivity contribution < 1.29 is 14.5 Å². The van der Waals surface area contributed by atoms with Gasteiger partial charge in [-0.3, -0.25) is 19.9 Å². The van der Waals surface area contributed by atoms with Crippen molar-refractivity contribution in [1.29, 1.82) is 0 Å². The first-order valence-corrected chi connectivity index (χ1v) is 13.3. The molecule has 0 aliphatic carbocycles. The number of ketones is 1. The van der Waals surface area contributed by atoms with E-state index in [0.717, 1.165) is 55.7 Å². The summed E-state index contributed by atoms with van der Waals surface area (Å²) >= 11 is 0. The number of non-ortho nitro benzene ring substituents is 1. The molecule has 0 bridgehead atoms. The molecule has 8 nitrogen and oxygen atoms in total. The molecular weight excluding hydrogens is 468 g/mol. The zero-order valence-electron chi connectivity index (χ0n) is 23.8. The van der Waals surface area contributed by atoms with Crippen molar-refractivity contribution >= 4 is 23.1 Å². The Balaban J connectivity index is 0.000000548. The normalized spacial score (nSPS) is 12.2. The van der Waals surface area contributed by atoms with Crippen LogP contribution in [0, 0.1) is 24.0 Å². The third-order valence-corrected chi connectivity index (χ3v) is 5.47. The molecule has 206 valence electrons. The number of rotatable bonds is 7. The molecule has 37 heavy (non-hydrogen) atoms. The van der Waals surface area contributed by atoms with Crippen LogP contribution in [0.4, 0.5) is 11.4 Å². The Hall–Kier alpha value is -3.13. The Morgan fingerprint density at radius 3 is 2.08 bits per heavy atom. The summed E-state index contributed by atoms with van der Waals surface area (Å²) in [6.45, 7) is 16.1. The number of unbranched alkanes of at least 4 members (excludes halogenated alkanes) is 1. The van der Waals surface area contributed by atoms with Gasteiger partial charge in [0.15, 0.2) is 0 Å². The Morgan fingerprint density at radius 2 is 1.65 bits per heavy atom. The predicted molar refractivity (Wildman–Crippen MR) is 152 cm³/mol. The average Bonchev–Trinajstić information content (AvgIpc) is 2.87. The van der Waals surface area contributed by atoms with Gasteiger partial charge in [-0.25, -0.2) is 0 Å². The average molecular weight is 515 g/mol. The minimum absolute atomic E-state index is 0.144. The van der Waals surface area contributed by atoms with Crippen LogP contribution in [-0.2, 0) is 16.0 Å². The molecule has 3 rings (SSSR count). The minimum atomic E-state index is -0.403. The van der Waals surface area contributed by atoms with Gasteiger partial charge < -0.3 is 15.0 Å². The molecule has 2 aromatic rings. The lowest BCUT2D eigenvalue weighted by Gasteiger charge is -2.29. The largest absolute Gasteiger partial charge is 0.310 e. The third kappa shape index (κ3) is 14.3. The number of hydrogen-bond acceptors (Lipinski definition) is 6. The molecule has 1 aromatic heterocycles. The van der Waals surface area contributed by atoms with Crippen LogP contribution >= 0.6 is 0 Å². The van der Waals surface area contributed by atoms with E-state index in [0.29, 0.717) is 6.54 Å². The molecule has 1 aromatic carbocycles. The minimum Gasteiger partial charge on any atom is -0.310 e. The van der Waals surface area contributed by atoms with E-state index in [4.69, 9.17) is 0 Å². The van der Waals surface area contributed by atoms with Crippen molar-refractivity contribution in [2.75, 3.05) is 24.5 Å². The number of piperazine rings is 1. The number of pyridine rings is 1. The first-order chi connectivity index (χ1) is 17.6. The number of anilines is 1. The highest BCUT2D eigenvalue weighted by molar-refractivity contribution is 5.96. The first-order valence-electron chi connectivity index (χ1n) is 13.3. The summed E-state index contributed by atoms with van der Waals surface area (Å²) in [7, 11) is 0. The van der Waals surface area contributed by atoms with Crippen molar-refractivity contribution in [2.24, 2.45) is 0 Å². The van der Waals surface area contributed by atoms with E-state index in [1.54, 1.807) is 25.3 Å². The van der Waals surface area contributed by atoms with Crippen LogP contribution in [0.1, 0.15) is 83.5 Å². The second-order valence-corrected chi connectivity index (χ2v) is 8.91. The number of nitrogens with zero attached hydrogens (tertiary/aromatic N) is 3. The van der Waals surface area contributed by atoms with Crippen LogP contribution in [-0.4, -0.2) is 41.2 Å². The number of nitrogens with one attached hydrogen (secondary N) is 1. The van der Waals surface area contributed by atoms with E-state index in [1.165, 1.54) is 30.5 Å². The molecule has 1 fully saturated rings. The van der Waals surface area contributed by atoms with Crippen molar-refractivity contribution in [1.82, 2.24) is 10.3 Å². The maximum Gasteiger partial charge on any atom is 0.269 e. The number of carbonyl (C=O) groups is 2.